The van der Waals surface area contributed by atoms with Crippen molar-refractivity contribution in [3.05, 3.63) is 28.7 Å². The molecule has 3 N–H and O–H groups in total. The molecule has 0 saturated carbocycles. The number of carbonyl (C=O) groups is 1. The second kappa shape index (κ2) is 5.87. The summed E-state index contributed by atoms with van der Waals surface area (Å²) in [7, 11) is 0. The molecule has 2 heterocycles. The van der Waals surface area contributed by atoms with Crippen LogP contribution in [0.5, 0.6) is 0 Å². The lowest BCUT2D eigenvalue weighted by molar-refractivity contribution is -0.167. The number of nitrogens with two attached hydrogens (primary N) is 1. The molecule has 1 fully saturated rings. The number of morpholine rings is 1. The summed E-state index contributed by atoms with van der Waals surface area (Å²) in [6.07, 6.45) is 1.05. The first kappa shape index (κ1) is 15.5. The summed E-state index contributed by atoms with van der Waals surface area (Å²) >= 11 is 0. The molecule has 1 aliphatic heterocycles. The fourth-order valence-corrected chi connectivity index (χ4v) is 2.50. The molecular formula is C14H21N3O4. The summed E-state index contributed by atoms with van der Waals surface area (Å²) in [5.74, 6) is -0.197. The zero-order valence-electron chi connectivity index (χ0n) is 12.3. The zero-order valence-corrected chi connectivity index (χ0v) is 12.3. The largest absolute Gasteiger partial charge is 0.398 e. The van der Waals surface area contributed by atoms with Crippen LogP contribution in [0, 0.1) is 0 Å². The molecule has 7 heteroatoms. The predicted molar refractivity (Wildman–Crippen MR) is 77.7 cm³/mol. The highest BCUT2D eigenvalue weighted by Gasteiger charge is 2.35. The van der Waals surface area contributed by atoms with Crippen LogP contribution in [-0.4, -0.2) is 51.9 Å². The SMILES string of the molecule is CC1(C)CN(C(=O)Cn2cc(N)ccc2=O)CC(CO)O1. The summed E-state index contributed by atoms with van der Waals surface area (Å²) in [4.78, 5) is 25.7. The van der Waals surface area contributed by atoms with Gasteiger partial charge in [-0.2, -0.15) is 0 Å². The van der Waals surface area contributed by atoms with Gasteiger partial charge < -0.3 is 25.0 Å². The second-order valence-corrected chi connectivity index (χ2v) is 5.88. The van der Waals surface area contributed by atoms with E-state index < -0.39 is 11.7 Å². The molecular weight excluding hydrogens is 274 g/mol. The fraction of sp³-hybridized carbons (Fsp3) is 0.571. The number of pyridine rings is 1. The van der Waals surface area contributed by atoms with Crippen molar-refractivity contribution < 1.29 is 14.6 Å². The Morgan fingerprint density at radius 3 is 2.90 bits per heavy atom. The number of hydrogen-bond donors (Lipinski definition) is 2. The Kier molecular flexibility index (Phi) is 4.34. The number of carbonyl (C=O) groups excluding carboxylic acids is 1. The van der Waals surface area contributed by atoms with E-state index in [9.17, 15) is 14.7 Å². The number of aromatic nitrogens is 1. The van der Waals surface area contributed by atoms with Gasteiger partial charge in [0.2, 0.25) is 5.91 Å². The summed E-state index contributed by atoms with van der Waals surface area (Å²) in [6, 6.07) is 2.84. The van der Waals surface area contributed by atoms with Crippen LogP contribution in [-0.2, 0) is 16.1 Å². The fourth-order valence-electron chi connectivity index (χ4n) is 2.50. The van der Waals surface area contributed by atoms with Gasteiger partial charge in [-0.15, -0.1) is 0 Å². The normalized spacial score (nSPS) is 21.3. The van der Waals surface area contributed by atoms with Crippen LogP contribution in [0.15, 0.2) is 23.1 Å². The molecule has 0 radical (unpaired) electrons. The van der Waals surface area contributed by atoms with Crippen LogP contribution in [0.4, 0.5) is 5.69 Å². The standard InChI is InChI=1S/C14H21N3O4/c1-14(2)9-17(6-11(8-18)21-14)13(20)7-16-5-10(15)3-4-12(16)19/h3-5,11,18H,6-9,15H2,1-2H3. The van der Waals surface area contributed by atoms with Crippen molar-refractivity contribution in [3.8, 4) is 0 Å². The van der Waals surface area contributed by atoms with Crippen LogP contribution in [0.2, 0.25) is 0 Å². The van der Waals surface area contributed by atoms with E-state index in [1.165, 1.54) is 22.9 Å². The molecule has 7 nitrogen and oxygen atoms in total. The lowest BCUT2D eigenvalue weighted by Gasteiger charge is -2.42. The summed E-state index contributed by atoms with van der Waals surface area (Å²) in [5, 5.41) is 9.26. The molecule has 2 rings (SSSR count). The van der Waals surface area contributed by atoms with Crippen LogP contribution in [0.3, 0.4) is 0 Å². The van der Waals surface area contributed by atoms with E-state index >= 15 is 0 Å². The number of aliphatic hydroxyl groups excluding tert-OH is 1. The molecule has 0 aliphatic carbocycles. The molecule has 1 aliphatic rings. The number of amides is 1. The number of nitrogens with zero attached hydrogens (tertiary/aromatic N) is 2. The van der Waals surface area contributed by atoms with Gasteiger partial charge in [0.25, 0.3) is 5.56 Å². The number of hydrogen-bond acceptors (Lipinski definition) is 5. The predicted octanol–water partition coefficient (Wildman–Crippen LogP) is -0.571. The first-order valence-corrected chi connectivity index (χ1v) is 6.83. The minimum absolute atomic E-state index is 0.0713. The molecule has 0 spiro atoms. The van der Waals surface area contributed by atoms with E-state index in [1.807, 2.05) is 13.8 Å². The van der Waals surface area contributed by atoms with E-state index in [1.54, 1.807) is 4.90 Å². The number of rotatable bonds is 3. The van der Waals surface area contributed by atoms with Crippen LogP contribution < -0.4 is 11.3 Å². The Balaban J connectivity index is 2.12. The number of anilines is 1. The van der Waals surface area contributed by atoms with Crippen molar-refractivity contribution in [1.82, 2.24) is 9.47 Å². The molecule has 21 heavy (non-hydrogen) atoms. The number of aliphatic hydroxyl groups is 1. The Morgan fingerprint density at radius 1 is 1.52 bits per heavy atom. The van der Waals surface area contributed by atoms with E-state index in [4.69, 9.17) is 10.5 Å². The van der Waals surface area contributed by atoms with Crippen molar-refractivity contribution in [2.45, 2.75) is 32.1 Å². The average molecular weight is 295 g/mol. The minimum Gasteiger partial charge on any atom is -0.398 e. The lowest BCUT2D eigenvalue weighted by Crippen LogP contribution is -2.56. The van der Waals surface area contributed by atoms with Crippen molar-refractivity contribution in [2.75, 3.05) is 25.4 Å². The molecule has 1 aromatic heterocycles. The first-order chi connectivity index (χ1) is 9.80. The van der Waals surface area contributed by atoms with Gasteiger partial charge >= 0.3 is 0 Å². The third-order valence-corrected chi connectivity index (χ3v) is 3.35. The summed E-state index contributed by atoms with van der Waals surface area (Å²) in [6.45, 7) is 4.24. The third kappa shape index (κ3) is 3.83. The van der Waals surface area contributed by atoms with Crippen LogP contribution in [0.25, 0.3) is 0 Å². The maximum atomic E-state index is 12.4. The van der Waals surface area contributed by atoms with Gasteiger partial charge in [-0.05, 0) is 19.9 Å². The quantitative estimate of drug-likeness (QED) is 0.778. The zero-order chi connectivity index (χ0) is 15.6. The van der Waals surface area contributed by atoms with Gasteiger partial charge in [-0.3, -0.25) is 9.59 Å². The molecule has 1 atom stereocenters. The van der Waals surface area contributed by atoms with Crippen molar-refractivity contribution in [3.63, 3.8) is 0 Å². The van der Waals surface area contributed by atoms with Crippen molar-refractivity contribution in [1.29, 1.82) is 0 Å². The Morgan fingerprint density at radius 2 is 2.24 bits per heavy atom. The van der Waals surface area contributed by atoms with Gasteiger partial charge in [0.1, 0.15) is 6.54 Å². The molecule has 1 aromatic rings. The maximum Gasteiger partial charge on any atom is 0.251 e. The van der Waals surface area contributed by atoms with Crippen molar-refractivity contribution >= 4 is 11.6 Å². The number of nitrogen functional groups attached to an aromatic ring is 1. The minimum atomic E-state index is -0.526. The third-order valence-electron chi connectivity index (χ3n) is 3.35. The van der Waals surface area contributed by atoms with Gasteiger partial charge in [0.05, 0.1) is 18.3 Å². The summed E-state index contributed by atoms with van der Waals surface area (Å²) in [5.41, 5.74) is 5.26. The topological polar surface area (TPSA) is 97.8 Å². The first-order valence-electron chi connectivity index (χ1n) is 6.83. The Labute approximate surface area is 122 Å². The Hall–Kier alpha value is -1.86. The van der Waals surface area contributed by atoms with Gasteiger partial charge in [0, 0.05) is 31.0 Å². The van der Waals surface area contributed by atoms with E-state index in [-0.39, 0.29) is 24.6 Å². The smallest absolute Gasteiger partial charge is 0.251 e. The number of ether oxygens (including phenoxy) is 1. The van der Waals surface area contributed by atoms with E-state index in [2.05, 4.69) is 0 Å². The molecule has 0 bridgehead atoms. The van der Waals surface area contributed by atoms with Gasteiger partial charge in [-0.1, -0.05) is 0 Å². The molecule has 0 aromatic carbocycles. The van der Waals surface area contributed by atoms with Crippen LogP contribution >= 0.6 is 0 Å². The molecule has 1 saturated heterocycles. The molecule has 116 valence electrons. The van der Waals surface area contributed by atoms with E-state index in [0.717, 1.165) is 0 Å². The summed E-state index contributed by atoms with van der Waals surface area (Å²) < 4.78 is 6.95. The molecule has 1 amide bonds. The Bertz CT molecular complexity index is 582. The van der Waals surface area contributed by atoms with Gasteiger partial charge in [0.15, 0.2) is 0 Å². The second-order valence-electron chi connectivity index (χ2n) is 5.88. The van der Waals surface area contributed by atoms with Gasteiger partial charge in [-0.25, -0.2) is 0 Å². The molecule has 1 unspecified atom stereocenters. The highest BCUT2D eigenvalue weighted by atomic mass is 16.5. The monoisotopic (exact) mass is 295 g/mol. The maximum absolute atomic E-state index is 12.4. The highest BCUT2D eigenvalue weighted by Crippen LogP contribution is 2.21. The van der Waals surface area contributed by atoms with E-state index in [0.29, 0.717) is 18.8 Å². The highest BCUT2D eigenvalue weighted by molar-refractivity contribution is 5.76. The van der Waals surface area contributed by atoms with Crippen molar-refractivity contribution in [2.24, 2.45) is 0 Å². The lowest BCUT2D eigenvalue weighted by atomic mass is 10.1. The average Bonchev–Trinajstić information content (AvgIpc) is 2.41. The van der Waals surface area contributed by atoms with Crippen LogP contribution in [0.1, 0.15) is 13.8 Å².